The van der Waals surface area contributed by atoms with Gasteiger partial charge in [0.1, 0.15) is 23.1 Å². The number of methoxy groups -OCH3 is 2. The van der Waals surface area contributed by atoms with E-state index in [1.165, 1.54) is 0 Å². The van der Waals surface area contributed by atoms with Gasteiger partial charge in [-0.2, -0.15) is 0 Å². The van der Waals surface area contributed by atoms with E-state index in [2.05, 4.69) is 36.1 Å². The van der Waals surface area contributed by atoms with Crippen molar-refractivity contribution in [3.8, 4) is 28.6 Å². The first-order valence-electron chi connectivity index (χ1n) is 11.1. The molecule has 0 saturated carbocycles. The molecule has 1 aliphatic heterocycles. The Hall–Kier alpha value is -3.80. The van der Waals surface area contributed by atoms with Crippen LogP contribution in [-0.4, -0.2) is 35.8 Å². The quantitative estimate of drug-likeness (QED) is 0.430. The summed E-state index contributed by atoms with van der Waals surface area (Å²) in [6, 6.07) is 19.5. The van der Waals surface area contributed by atoms with E-state index in [0.29, 0.717) is 11.4 Å². The highest BCUT2D eigenvalue weighted by Gasteiger charge is 2.31. The van der Waals surface area contributed by atoms with Crippen LogP contribution in [0.3, 0.4) is 0 Å². The molecule has 0 spiro atoms. The molecule has 4 aromatic rings. The van der Waals surface area contributed by atoms with Crippen molar-refractivity contribution in [1.82, 2.24) is 9.97 Å². The Morgan fingerprint density at radius 3 is 2.61 bits per heavy atom. The molecule has 1 saturated heterocycles. The van der Waals surface area contributed by atoms with E-state index in [4.69, 9.17) is 19.4 Å². The van der Waals surface area contributed by atoms with Crippen molar-refractivity contribution in [2.45, 2.75) is 25.8 Å². The van der Waals surface area contributed by atoms with Gasteiger partial charge in [0, 0.05) is 17.5 Å². The van der Waals surface area contributed by atoms with Crippen molar-refractivity contribution >= 4 is 16.7 Å². The number of aryl methyl sites for hydroxylation is 1. The zero-order chi connectivity index (χ0) is 22.9. The molecule has 1 N–H and O–H groups in total. The molecule has 1 unspecified atom stereocenters. The molecule has 0 bridgehead atoms. The minimum absolute atomic E-state index is 0.0895. The Kier molecular flexibility index (Phi) is 5.50. The molecule has 1 atom stereocenters. The van der Waals surface area contributed by atoms with Crippen LogP contribution in [0.4, 0.5) is 5.82 Å². The standard InChI is InChI=1S/C27H27N3O3/c1-17-10-12-19-22(15-17)28-26(20-7-4-5-9-24(20)31)29-27(19)30-14-6-8-23(30)21-16-18(32-2)11-13-25(21)33-3/h4-5,7,9-13,15-16,23,31H,6,8,14H2,1-3H3. The Morgan fingerprint density at radius 2 is 1.82 bits per heavy atom. The second-order valence-electron chi connectivity index (χ2n) is 8.37. The zero-order valence-corrected chi connectivity index (χ0v) is 19.1. The molecule has 168 valence electrons. The summed E-state index contributed by atoms with van der Waals surface area (Å²) >= 11 is 0. The third-order valence-electron chi connectivity index (χ3n) is 6.30. The van der Waals surface area contributed by atoms with Crippen LogP contribution in [0.5, 0.6) is 17.2 Å². The minimum Gasteiger partial charge on any atom is -0.507 e. The summed E-state index contributed by atoms with van der Waals surface area (Å²) < 4.78 is 11.2. The molecule has 1 aromatic heterocycles. The zero-order valence-electron chi connectivity index (χ0n) is 19.1. The predicted molar refractivity (Wildman–Crippen MR) is 130 cm³/mol. The molecule has 1 aliphatic rings. The summed E-state index contributed by atoms with van der Waals surface area (Å²) in [6.07, 6.45) is 2.01. The largest absolute Gasteiger partial charge is 0.507 e. The highest BCUT2D eigenvalue weighted by molar-refractivity contribution is 5.92. The summed E-state index contributed by atoms with van der Waals surface area (Å²) in [5.41, 5.74) is 3.69. The van der Waals surface area contributed by atoms with Crippen LogP contribution in [-0.2, 0) is 0 Å². The Morgan fingerprint density at radius 1 is 0.970 bits per heavy atom. The van der Waals surface area contributed by atoms with Crippen molar-refractivity contribution in [2.24, 2.45) is 0 Å². The van der Waals surface area contributed by atoms with Gasteiger partial charge in [0.2, 0.25) is 0 Å². The fraction of sp³-hybridized carbons (Fsp3) is 0.259. The number of ether oxygens (including phenoxy) is 2. The molecular weight excluding hydrogens is 414 g/mol. The van der Waals surface area contributed by atoms with Crippen LogP contribution < -0.4 is 14.4 Å². The SMILES string of the molecule is COc1ccc(OC)c(C2CCCN2c2nc(-c3ccccc3O)nc3cc(C)ccc23)c1. The van der Waals surface area contributed by atoms with Gasteiger partial charge in [0.05, 0.1) is 31.3 Å². The molecule has 2 heterocycles. The molecule has 0 radical (unpaired) electrons. The summed E-state index contributed by atoms with van der Waals surface area (Å²) in [7, 11) is 3.38. The van der Waals surface area contributed by atoms with Crippen molar-refractivity contribution < 1.29 is 14.6 Å². The molecule has 5 rings (SSSR count). The molecule has 6 nitrogen and oxygen atoms in total. The first kappa shape index (κ1) is 21.1. The van der Waals surface area contributed by atoms with Gasteiger partial charge in [0.15, 0.2) is 5.82 Å². The van der Waals surface area contributed by atoms with Gasteiger partial charge < -0.3 is 19.5 Å². The number of aromatic hydroxyl groups is 1. The van der Waals surface area contributed by atoms with E-state index in [1.807, 2.05) is 24.3 Å². The average molecular weight is 442 g/mol. The molecule has 0 amide bonds. The number of aromatic nitrogens is 2. The molecule has 33 heavy (non-hydrogen) atoms. The van der Waals surface area contributed by atoms with Crippen LogP contribution in [0.1, 0.15) is 30.0 Å². The van der Waals surface area contributed by atoms with Crippen LogP contribution in [0.25, 0.3) is 22.3 Å². The number of para-hydroxylation sites is 1. The monoisotopic (exact) mass is 441 g/mol. The number of rotatable bonds is 5. The fourth-order valence-electron chi connectivity index (χ4n) is 4.67. The molecule has 6 heteroatoms. The Labute approximate surface area is 193 Å². The molecule has 3 aromatic carbocycles. The van der Waals surface area contributed by atoms with Crippen LogP contribution in [0.15, 0.2) is 60.7 Å². The summed E-state index contributed by atoms with van der Waals surface area (Å²) in [5, 5.41) is 11.5. The van der Waals surface area contributed by atoms with Crippen molar-refractivity contribution in [2.75, 3.05) is 25.7 Å². The first-order chi connectivity index (χ1) is 16.1. The number of phenolic OH excluding ortho intramolecular Hbond substituents is 1. The van der Waals surface area contributed by atoms with Crippen LogP contribution >= 0.6 is 0 Å². The lowest BCUT2D eigenvalue weighted by atomic mass is 10.0. The van der Waals surface area contributed by atoms with E-state index >= 15 is 0 Å². The van der Waals surface area contributed by atoms with E-state index in [9.17, 15) is 5.11 Å². The van der Waals surface area contributed by atoms with Gasteiger partial charge in [0.25, 0.3) is 0 Å². The highest BCUT2D eigenvalue weighted by Crippen LogP contribution is 2.43. The maximum Gasteiger partial charge on any atom is 0.165 e. The number of phenols is 1. The third kappa shape index (κ3) is 3.82. The Balaban J connectivity index is 1.70. The number of hydrogen-bond donors (Lipinski definition) is 1. The smallest absolute Gasteiger partial charge is 0.165 e. The number of anilines is 1. The summed E-state index contributed by atoms with van der Waals surface area (Å²) in [6.45, 7) is 2.92. The lowest BCUT2D eigenvalue weighted by molar-refractivity contribution is 0.395. The maximum atomic E-state index is 10.5. The topological polar surface area (TPSA) is 67.7 Å². The summed E-state index contributed by atoms with van der Waals surface area (Å²) in [4.78, 5) is 12.1. The predicted octanol–water partition coefficient (Wildman–Crippen LogP) is 5.67. The summed E-state index contributed by atoms with van der Waals surface area (Å²) in [5.74, 6) is 3.19. The second kappa shape index (κ2) is 8.62. The van der Waals surface area contributed by atoms with E-state index in [-0.39, 0.29) is 11.8 Å². The normalized spacial score (nSPS) is 15.7. The number of hydrogen-bond acceptors (Lipinski definition) is 6. The maximum absolute atomic E-state index is 10.5. The van der Waals surface area contributed by atoms with E-state index < -0.39 is 0 Å². The second-order valence-corrected chi connectivity index (χ2v) is 8.37. The average Bonchev–Trinajstić information content (AvgIpc) is 3.32. The minimum atomic E-state index is 0.0895. The van der Waals surface area contributed by atoms with Crippen molar-refractivity contribution in [1.29, 1.82) is 0 Å². The Bertz CT molecular complexity index is 1320. The lowest BCUT2D eigenvalue weighted by Crippen LogP contribution is -2.24. The molecular formula is C27H27N3O3. The molecule has 0 aliphatic carbocycles. The van der Waals surface area contributed by atoms with Gasteiger partial charge in [-0.15, -0.1) is 0 Å². The van der Waals surface area contributed by atoms with Gasteiger partial charge in [-0.3, -0.25) is 0 Å². The van der Waals surface area contributed by atoms with Gasteiger partial charge in [-0.1, -0.05) is 18.2 Å². The van der Waals surface area contributed by atoms with Gasteiger partial charge in [-0.25, -0.2) is 9.97 Å². The van der Waals surface area contributed by atoms with Crippen molar-refractivity contribution in [3.63, 3.8) is 0 Å². The van der Waals surface area contributed by atoms with Gasteiger partial charge in [-0.05, 0) is 67.8 Å². The lowest BCUT2D eigenvalue weighted by Gasteiger charge is -2.29. The van der Waals surface area contributed by atoms with Crippen LogP contribution in [0.2, 0.25) is 0 Å². The number of benzene rings is 3. The fourth-order valence-corrected chi connectivity index (χ4v) is 4.67. The van der Waals surface area contributed by atoms with Gasteiger partial charge >= 0.3 is 0 Å². The number of nitrogens with zero attached hydrogens (tertiary/aromatic N) is 3. The molecule has 1 fully saturated rings. The van der Waals surface area contributed by atoms with Crippen LogP contribution in [0, 0.1) is 6.92 Å². The third-order valence-corrected chi connectivity index (χ3v) is 6.30. The van der Waals surface area contributed by atoms with Crippen molar-refractivity contribution in [3.05, 3.63) is 71.8 Å². The van der Waals surface area contributed by atoms with E-state index in [1.54, 1.807) is 26.4 Å². The number of fused-ring (bicyclic) bond motifs is 1. The van der Waals surface area contributed by atoms with E-state index in [0.717, 1.165) is 58.7 Å². The first-order valence-corrected chi connectivity index (χ1v) is 11.1. The highest BCUT2D eigenvalue weighted by atomic mass is 16.5.